The lowest BCUT2D eigenvalue weighted by atomic mass is 9.93. The highest BCUT2D eigenvalue weighted by molar-refractivity contribution is 5.45. The highest BCUT2D eigenvalue weighted by Crippen LogP contribution is 2.28. The molecular weight excluding hydrogens is 228 g/mol. The van der Waals surface area contributed by atoms with Crippen LogP contribution in [0.4, 0.5) is 0 Å². The Morgan fingerprint density at radius 1 is 1.39 bits per heavy atom. The Kier molecular flexibility index (Phi) is 4.22. The number of rotatable bonds is 3. The molecule has 4 heteroatoms. The molecule has 4 nitrogen and oxygen atoms in total. The summed E-state index contributed by atoms with van der Waals surface area (Å²) in [6.45, 7) is 6.47. The van der Waals surface area contributed by atoms with Gasteiger partial charge < -0.3 is 20.5 Å². The number of methoxy groups -OCH3 is 1. The molecule has 3 N–H and O–H groups in total. The molecule has 1 aliphatic rings. The van der Waals surface area contributed by atoms with Crippen molar-refractivity contribution >= 4 is 0 Å². The van der Waals surface area contributed by atoms with Gasteiger partial charge >= 0.3 is 0 Å². The van der Waals surface area contributed by atoms with E-state index in [2.05, 4.69) is 25.2 Å². The zero-order valence-corrected chi connectivity index (χ0v) is 11.3. The van der Waals surface area contributed by atoms with E-state index < -0.39 is 0 Å². The molecule has 1 aromatic rings. The maximum atomic E-state index is 6.35. The smallest absolute Gasteiger partial charge is 0.122 e. The number of hydrogen-bond donors (Lipinski definition) is 2. The van der Waals surface area contributed by atoms with Crippen LogP contribution in [0, 0.1) is 13.8 Å². The Morgan fingerprint density at radius 2 is 2.17 bits per heavy atom. The average Bonchev–Trinajstić information content (AvgIpc) is 2.42. The molecular formula is C14H22N2O2. The van der Waals surface area contributed by atoms with Gasteiger partial charge in [0.25, 0.3) is 0 Å². The van der Waals surface area contributed by atoms with Crippen LogP contribution in [0.15, 0.2) is 12.1 Å². The first kappa shape index (κ1) is 13.3. The third-order valence-electron chi connectivity index (χ3n) is 3.74. The van der Waals surface area contributed by atoms with Crippen molar-refractivity contribution in [2.45, 2.75) is 25.9 Å². The van der Waals surface area contributed by atoms with Crippen molar-refractivity contribution in [3.05, 3.63) is 28.8 Å². The minimum Gasteiger partial charge on any atom is -0.496 e. The van der Waals surface area contributed by atoms with Crippen LogP contribution in [-0.2, 0) is 4.74 Å². The Morgan fingerprint density at radius 3 is 2.78 bits per heavy atom. The monoisotopic (exact) mass is 250 g/mol. The van der Waals surface area contributed by atoms with Crippen LogP contribution >= 0.6 is 0 Å². The van der Waals surface area contributed by atoms with Gasteiger partial charge in [-0.25, -0.2) is 0 Å². The van der Waals surface area contributed by atoms with E-state index in [1.165, 1.54) is 5.56 Å². The van der Waals surface area contributed by atoms with E-state index in [-0.39, 0.29) is 12.1 Å². The van der Waals surface area contributed by atoms with Crippen LogP contribution in [0.25, 0.3) is 0 Å². The summed E-state index contributed by atoms with van der Waals surface area (Å²) in [5, 5.41) is 3.41. The van der Waals surface area contributed by atoms with Gasteiger partial charge in [-0.1, -0.05) is 6.07 Å². The molecule has 1 fully saturated rings. The molecule has 0 aliphatic carbocycles. The minimum atomic E-state index is -0.0464. The second-order valence-electron chi connectivity index (χ2n) is 4.77. The predicted molar refractivity (Wildman–Crippen MR) is 72.0 cm³/mol. The Hall–Kier alpha value is -1.10. The van der Waals surface area contributed by atoms with Crippen molar-refractivity contribution in [1.82, 2.24) is 5.32 Å². The fourth-order valence-corrected chi connectivity index (χ4v) is 2.43. The fraction of sp³-hybridized carbons (Fsp3) is 0.571. The average molecular weight is 250 g/mol. The summed E-state index contributed by atoms with van der Waals surface area (Å²) < 4.78 is 10.8. The van der Waals surface area contributed by atoms with Gasteiger partial charge in [0.2, 0.25) is 0 Å². The molecule has 0 bridgehead atoms. The van der Waals surface area contributed by atoms with Gasteiger partial charge in [0.1, 0.15) is 5.75 Å². The van der Waals surface area contributed by atoms with Gasteiger partial charge in [0.15, 0.2) is 0 Å². The van der Waals surface area contributed by atoms with Crippen molar-refractivity contribution in [1.29, 1.82) is 0 Å². The van der Waals surface area contributed by atoms with Crippen molar-refractivity contribution < 1.29 is 9.47 Å². The fourth-order valence-electron chi connectivity index (χ4n) is 2.43. The Bertz CT molecular complexity index is 415. The SMILES string of the molecule is COc1ccc(C(N)C2COCCN2)c(C)c1C. The number of hydrogen-bond acceptors (Lipinski definition) is 4. The predicted octanol–water partition coefficient (Wildman–Crippen LogP) is 1.30. The summed E-state index contributed by atoms with van der Waals surface area (Å²) in [5.41, 5.74) is 9.87. The molecule has 2 rings (SSSR count). The first-order valence-electron chi connectivity index (χ1n) is 6.36. The highest BCUT2D eigenvalue weighted by atomic mass is 16.5. The number of morpholine rings is 1. The first-order chi connectivity index (χ1) is 8.65. The summed E-state index contributed by atoms with van der Waals surface area (Å²) in [7, 11) is 1.69. The number of nitrogens with one attached hydrogen (secondary N) is 1. The van der Waals surface area contributed by atoms with Gasteiger partial charge in [-0.3, -0.25) is 0 Å². The maximum absolute atomic E-state index is 6.35. The molecule has 0 aromatic heterocycles. The standard InChI is InChI=1S/C14H22N2O2/c1-9-10(2)13(17-3)5-4-11(9)14(15)12-8-18-7-6-16-12/h4-5,12,14,16H,6-8,15H2,1-3H3. The van der Waals surface area contributed by atoms with E-state index in [0.29, 0.717) is 6.61 Å². The topological polar surface area (TPSA) is 56.5 Å². The zero-order valence-electron chi connectivity index (χ0n) is 11.3. The van der Waals surface area contributed by atoms with Crippen molar-refractivity contribution in [2.24, 2.45) is 5.73 Å². The van der Waals surface area contributed by atoms with E-state index in [0.717, 1.165) is 30.0 Å². The lowest BCUT2D eigenvalue weighted by Gasteiger charge is -2.30. The van der Waals surface area contributed by atoms with Crippen LogP contribution in [0.5, 0.6) is 5.75 Å². The summed E-state index contributed by atoms with van der Waals surface area (Å²) in [4.78, 5) is 0. The van der Waals surface area contributed by atoms with E-state index in [9.17, 15) is 0 Å². The van der Waals surface area contributed by atoms with E-state index in [4.69, 9.17) is 15.2 Å². The molecule has 1 heterocycles. The molecule has 0 spiro atoms. The van der Waals surface area contributed by atoms with E-state index >= 15 is 0 Å². The largest absolute Gasteiger partial charge is 0.496 e. The number of ether oxygens (including phenoxy) is 2. The third-order valence-corrected chi connectivity index (χ3v) is 3.74. The second-order valence-corrected chi connectivity index (χ2v) is 4.77. The minimum absolute atomic E-state index is 0.0464. The summed E-state index contributed by atoms with van der Waals surface area (Å²) >= 11 is 0. The molecule has 1 aromatic carbocycles. The van der Waals surface area contributed by atoms with Crippen LogP contribution in [0.2, 0.25) is 0 Å². The quantitative estimate of drug-likeness (QED) is 0.849. The van der Waals surface area contributed by atoms with Gasteiger partial charge in [0.05, 0.1) is 20.3 Å². The third kappa shape index (κ3) is 2.51. The van der Waals surface area contributed by atoms with Gasteiger partial charge in [-0.15, -0.1) is 0 Å². The summed E-state index contributed by atoms with van der Waals surface area (Å²) in [5.74, 6) is 0.913. The van der Waals surface area contributed by atoms with Crippen LogP contribution in [-0.4, -0.2) is 32.9 Å². The Labute approximate surface area is 108 Å². The van der Waals surface area contributed by atoms with Crippen molar-refractivity contribution in [3.8, 4) is 5.75 Å². The highest BCUT2D eigenvalue weighted by Gasteiger charge is 2.24. The maximum Gasteiger partial charge on any atom is 0.122 e. The Balaban J connectivity index is 2.24. The molecule has 0 saturated carbocycles. The van der Waals surface area contributed by atoms with Crippen LogP contribution in [0.3, 0.4) is 0 Å². The molecule has 2 unspecified atom stereocenters. The van der Waals surface area contributed by atoms with E-state index in [1.54, 1.807) is 7.11 Å². The van der Waals surface area contributed by atoms with Gasteiger partial charge in [-0.2, -0.15) is 0 Å². The van der Waals surface area contributed by atoms with Crippen molar-refractivity contribution in [2.75, 3.05) is 26.9 Å². The normalized spacial score (nSPS) is 21.7. The first-order valence-corrected chi connectivity index (χ1v) is 6.36. The van der Waals surface area contributed by atoms with Gasteiger partial charge in [0, 0.05) is 18.6 Å². The molecule has 1 saturated heterocycles. The zero-order chi connectivity index (χ0) is 13.1. The molecule has 0 radical (unpaired) electrons. The molecule has 2 atom stereocenters. The molecule has 1 aliphatic heterocycles. The van der Waals surface area contributed by atoms with Gasteiger partial charge in [-0.05, 0) is 36.6 Å². The second kappa shape index (κ2) is 5.69. The van der Waals surface area contributed by atoms with Crippen LogP contribution < -0.4 is 15.8 Å². The summed E-state index contributed by atoms with van der Waals surface area (Å²) in [6, 6.07) is 4.18. The van der Waals surface area contributed by atoms with E-state index in [1.807, 2.05) is 6.07 Å². The number of nitrogens with two attached hydrogens (primary N) is 1. The van der Waals surface area contributed by atoms with Crippen LogP contribution in [0.1, 0.15) is 22.7 Å². The molecule has 0 amide bonds. The lowest BCUT2D eigenvalue weighted by molar-refractivity contribution is 0.0684. The summed E-state index contributed by atoms with van der Waals surface area (Å²) in [6.07, 6.45) is 0. The number of benzene rings is 1. The van der Waals surface area contributed by atoms with Crippen molar-refractivity contribution in [3.63, 3.8) is 0 Å². The lowest BCUT2D eigenvalue weighted by Crippen LogP contribution is -2.47. The molecule has 18 heavy (non-hydrogen) atoms. The molecule has 100 valence electrons.